The molecule has 0 fully saturated rings. The lowest BCUT2D eigenvalue weighted by molar-refractivity contribution is -0.385. The van der Waals surface area contributed by atoms with Crippen molar-refractivity contribution in [2.24, 2.45) is 0 Å². The fraction of sp³-hybridized carbons (Fsp3) is 0.0698. The van der Waals surface area contributed by atoms with Gasteiger partial charge in [-0.1, -0.05) is 43.8 Å². The van der Waals surface area contributed by atoms with Gasteiger partial charge in [-0.3, -0.25) is 29.8 Å². The van der Waals surface area contributed by atoms with Gasteiger partial charge in [-0.2, -0.15) is 0 Å². The van der Waals surface area contributed by atoms with Crippen molar-refractivity contribution in [2.45, 2.75) is 21.3 Å². The molecule has 58 heavy (non-hydrogen) atoms. The normalized spacial score (nSPS) is 10.3. The third-order valence-electron chi connectivity index (χ3n) is 8.29. The van der Waals surface area contributed by atoms with Gasteiger partial charge in [-0.15, -0.1) is 22.7 Å². The van der Waals surface area contributed by atoms with Crippen LogP contribution in [-0.4, -0.2) is 31.0 Å². The molecular weight excluding hydrogens is 796 g/mol. The highest BCUT2D eigenvalue weighted by Crippen LogP contribution is 2.33. The van der Waals surface area contributed by atoms with Crippen LogP contribution in [0.1, 0.15) is 39.3 Å². The highest BCUT2D eigenvalue weighted by molar-refractivity contribution is 7.22. The smallest absolute Gasteiger partial charge is 0.282 e. The number of carbonyl (C=O) groups is 2. The van der Waals surface area contributed by atoms with Crippen molar-refractivity contribution in [3.05, 3.63) is 176 Å². The maximum atomic E-state index is 12.4. The molecule has 0 radical (unpaired) electrons. The second kappa shape index (κ2) is 18.8. The van der Waals surface area contributed by atoms with Crippen LogP contribution in [0, 0.1) is 34.1 Å². The molecule has 2 aromatic heterocycles. The van der Waals surface area contributed by atoms with Gasteiger partial charge in [0.1, 0.15) is 21.1 Å². The van der Waals surface area contributed by atoms with Gasteiger partial charge in [0.05, 0.1) is 30.3 Å². The van der Waals surface area contributed by atoms with Crippen molar-refractivity contribution in [2.75, 3.05) is 11.1 Å². The molecule has 0 atom stereocenters. The Hall–Kier alpha value is -6.87. The van der Waals surface area contributed by atoms with Gasteiger partial charge >= 0.3 is 0 Å². The molecule has 2 heterocycles. The van der Waals surface area contributed by atoms with Crippen LogP contribution in [0.5, 0.6) is 0 Å². The first kappa shape index (κ1) is 42.3. The SMILES string of the molecule is C.Cc1ccc2nc(-c3ccc(N)cc3)sc2c1.Cc1ccc2nc(-c3ccc(NC(=O)c4ccccc4[N+](=O)[O-])cc3)sc2c1.O=C(Cl)c1ccccc1[N+](=O)[O-]. The number of nitro benzene ring substituents is 2. The number of thiazole rings is 2. The third-order valence-corrected chi connectivity index (χ3v) is 10.6. The first-order valence-electron chi connectivity index (χ1n) is 17.0. The number of nitrogens with two attached hydrogens (primary N) is 1. The number of fused-ring (bicyclic) bond motifs is 2. The van der Waals surface area contributed by atoms with E-state index in [9.17, 15) is 29.8 Å². The molecule has 12 nitrogen and oxygen atoms in total. The summed E-state index contributed by atoms with van der Waals surface area (Å²) in [6.45, 7) is 4.15. The predicted octanol–water partition coefficient (Wildman–Crippen LogP) is 11.9. The number of nitro groups is 2. The summed E-state index contributed by atoms with van der Waals surface area (Å²) < 4.78 is 2.36. The number of carbonyl (C=O) groups excluding carboxylic acids is 2. The van der Waals surface area contributed by atoms with Crippen LogP contribution in [-0.2, 0) is 0 Å². The van der Waals surface area contributed by atoms with Gasteiger partial charge in [-0.05, 0) is 122 Å². The van der Waals surface area contributed by atoms with Gasteiger partial charge in [0, 0.05) is 34.6 Å². The number of amides is 1. The number of nitrogen functional groups attached to an aromatic ring is 1. The number of aryl methyl sites for hydroxylation is 2. The first-order valence-corrected chi connectivity index (χ1v) is 19.1. The zero-order valence-electron chi connectivity index (χ0n) is 30.2. The Morgan fingerprint density at radius 2 is 1.07 bits per heavy atom. The maximum Gasteiger partial charge on any atom is 0.282 e. The number of nitrogens with one attached hydrogen (secondary N) is 1. The molecule has 6 aromatic carbocycles. The van der Waals surface area contributed by atoms with Crippen LogP contribution in [0.15, 0.2) is 133 Å². The monoisotopic (exact) mass is 830 g/mol. The summed E-state index contributed by atoms with van der Waals surface area (Å²) in [5, 5.41) is 25.3. The quantitative estimate of drug-likeness (QED) is 0.0682. The summed E-state index contributed by atoms with van der Waals surface area (Å²) in [7, 11) is 0. The average molecular weight is 831 g/mol. The fourth-order valence-corrected chi connectivity index (χ4v) is 7.75. The van der Waals surface area contributed by atoms with Gasteiger partial charge in [0.25, 0.3) is 22.5 Å². The van der Waals surface area contributed by atoms with E-state index in [1.807, 2.05) is 55.5 Å². The Labute approximate surface area is 345 Å². The number of anilines is 2. The lowest BCUT2D eigenvalue weighted by atomic mass is 10.1. The predicted molar refractivity (Wildman–Crippen MR) is 235 cm³/mol. The molecular formula is C43H35ClN6O6S2. The summed E-state index contributed by atoms with van der Waals surface area (Å²) in [5.41, 5.74) is 13.0. The van der Waals surface area contributed by atoms with Crippen molar-refractivity contribution in [3.63, 3.8) is 0 Å². The van der Waals surface area contributed by atoms with E-state index in [1.165, 1.54) is 58.3 Å². The number of hydrogen-bond acceptors (Lipinski definition) is 11. The Morgan fingerprint density at radius 3 is 1.52 bits per heavy atom. The Morgan fingerprint density at radius 1 is 0.638 bits per heavy atom. The third kappa shape index (κ3) is 10.3. The van der Waals surface area contributed by atoms with Crippen LogP contribution >= 0.6 is 34.3 Å². The second-order valence-corrected chi connectivity index (χ2v) is 14.9. The van der Waals surface area contributed by atoms with E-state index in [-0.39, 0.29) is 29.9 Å². The van der Waals surface area contributed by atoms with Gasteiger partial charge in [0.2, 0.25) is 0 Å². The molecule has 0 spiro atoms. The molecule has 15 heteroatoms. The van der Waals surface area contributed by atoms with E-state index in [1.54, 1.807) is 40.9 Å². The molecule has 292 valence electrons. The largest absolute Gasteiger partial charge is 0.399 e. The van der Waals surface area contributed by atoms with Crippen LogP contribution < -0.4 is 11.1 Å². The number of para-hydroxylation sites is 2. The number of benzene rings is 6. The average Bonchev–Trinajstić information content (AvgIpc) is 3.83. The minimum absolute atomic E-state index is 0. The van der Waals surface area contributed by atoms with Gasteiger partial charge in [0.15, 0.2) is 0 Å². The fourth-order valence-electron chi connectivity index (χ4n) is 5.45. The van der Waals surface area contributed by atoms with Crippen LogP contribution in [0.4, 0.5) is 22.7 Å². The van der Waals surface area contributed by atoms with E-state index in [2.05, 4.69) is 46.5 Å². The summed E-state index contributed by atoms with van der Waals surface area (Å²) in [4.78, 5) is 52.5. The van der Waals surface area contributed by atoms with Crippen molar-refractivity contribution in [3.8, 4) is 21.1 Å². The molecule has 3 N–H and O–H groups in total. The molecule has 0 aliphatic carbocycles. The van der Waals surface area contributed by atoms with Crippen molar-refractivity contribution >= 4 is 88.6 Å². The number of nitrogens with zero attached hydrogens (tertiary/aromatic N) is 4. The van der Waals surface area contributed by atoms with E-state index in [0.29, 0.717) is 5.69 Å². The molecule has 0 bridgehead atoms. The minimum Gasteiger partial charge on any atom is -0.399 e. The van der Waals surface area contributed by atoms with E-state index >= 15 is 0 Å². The van der Waals surface area contributed by atoms with E-state index < -0.39 is 21.0 Å². The molecule has 0 aliphatic rings. The van der Waals surface area contributed by atoms with Gasteiger partial charge in [-0.25, -0.2) is 9.97 Å². The van der Waals surface area contributed by atoms with Gasteiger partial charge < -0.3 is 11.1 Å². The molecule has 0 saturated heterocycles. The topological polar surface area (TPSA) is 184 Å². The second-order valence-electron chi connectivity index (χ2n) is 12.5. The lowest BCUT2D eigenvalue weighted by Crippen LogP contribution is -2.13. The zero-order valence-corrected chi connectivity index (χ0v) is 32.6. The highest BCUT2D eigenvalue weighted by Gasteiger charge is 2.19. The number of halogens is 1. The number of rotatable bonds is 7. The Balaban J connectivity index is 0.000000182. The molecule has 0 saturated carbocycles. The van der Waals surface area contributed by atoms with Crippen LogP contribution in [0.25, 0.3) is 41.6 Å². The highest BCUT2D eigenvalue weighted by atomic mass is 35.5. The number of aromatic nitrogens is 2. The standard InChI is InChI=1S/C21H15N3O3S.C14H12N2S.C7H4ClNO3.CH4/c1-13-6-11-17-19(12-13)28-21(23-17)14-7-9-15(10-8-14)22-20(25)16-4-2-3-5-18(16)24(26)27;1-9-2-7-12-13(8-9)17-14(16-12)10-3-5-11(15)6-4-10;8-7(10)5-3-1-2-4-6(5)9(11)12;/h2-12H,1H3,(H,22,25);2-8H,15H2,1H3;1-4H;1H4. The summed E-state index contributed by atoms with van der Waals surface area (Å²) in [6.07, 6.45) is 0. The lowest BCUT2D eigenvalue weighted by Gasteiger charge is -2.06. The van der Waals surface area contributed by atoms with Crippen LogP contribution in [0.2, 0.25) is 0 Å². The molecule has 0 unspecified atom stereocenters. The zero-order chi connectivity index (χ0) is 40.6. The molecule has 0 aliphatic heterocycles. The Kier molecular flexibility index (Phi) is 13.7. The molecule has 8 aromatic rings. The summed E-state index contributed by atoms with van der Waals surface area (Å²) >= 11 is 8.44. The van der Waals surface area contributed by atoms with E-state index in [0.717, 1.165) is 42.6 Å². The van der Waals surface area contributed by atoms with Crippen molar-refractivity contribution < 1.29 is 19.4 Å². The minimum atomic E-state index is -0.817. The van der Waals surface area contributed by atoms with E-state index in [4.69, 9.17) is 17.3 Å². The molecule has 8 rings (SSSR count). The van der Waals surface area contributed by atoms with Crippen molar-refractivity contribution in [1.29, 1.82) is 0 Å². The van der Waals surface area contributed by atoms with Crippen molar-refractivity contribution in [1.82, 2.24) is 9.97 Å². The maximum absolute atomic E-state index is 12.4. The van der Waals surface area contributed by atoms with Crippen LogP contribution in [0.3, 0.4) is 0 Å². The summed E-state index contributed by atoms with van der Waals surface area (Å²) in [5.74, 6) is -0.518. The number of hydrogen-bond donors (Lipinski definition) is 2. The first-order chi connectivity index (χ1) is 27.4. The summed E-state index contributed by atoms with van der Waals surface area (Å²) in [6, 6.07) is 39.0. The Bertz CT molecular complexity index is 2740. The molecule has 1 amide bonds.